The van der Waals surface area contributed by atoms with Crippen LogP contribution in [0.1, 0.15) is 52.1 Å². The summed E-state index contributed by atoms with van der Waals surface area (Å²) >= 11 is 0. The summed E-state index contributed by atoms with van der Waals surface area (Å²) < 4.78 is 4.89. The molecule has 0 unspecified atom stereocenters. The van der Waals surface area contributed by atoms with Crippen molar-refractivity contribution in [2.45, 2.75) is 39.2 Å². The van der Waals surface area contributed by atoms with Gasteiger partial charge in [-0.15, -0.1) is 0 Å². The summed E-state index contributed by atoms with van der Waals surface area (Å²) in [5.41, 5.74) is 3.36. The number of esters is 1. The van der Waals surface area contributed by atoms with Crippen molar-refractivity contribution in [1.29, 1.82) is 0 Å². The minimum Gasteiger partial charge on any atom is -0.467 e. The molecule has 1 aliphatic carbocycles. The van der Waals surface area contributed by atoms with Crippen molar-refractivity contribution in [2.24, 2.45) is 5.92 Å². The second-order valence-corrected chi connectivity index (χ2v) is 7.44. The molecule has 1 heterocycles. The van der Waals surface area contributed by atoms with Gasteiger partial charge in [-0.2, -0.15) is 0 Å². The number of aryl methyl sites for hydroxylation is 2. The van der Waals surface area contributed by atoms with Crippen molar-refractivity contribution in [3.63, 3.8) is 0 Å². The largest absolute Gasteiger partial charge is 0.467 e. The van der Waals surface area contributed by atoms with E-state index in [2.05, 4.69) is 0 Å². The highest BCUT2D eigenvalue weighted by molar-refractivity contribution is 6.27. The molecule has 1 aliphatic heterocycles. The number of carbonyl (C=O) groups excluding carboxylic acids is 3. The summed E-state index contributed by atoms with van der Waals surface area (Å²) in [6, 6.07) is 6.62. The van der Waals surface area contributed by atoms with Gasteiger partial charge < -0.3 is 4.74 Å². The van der Waals surface area contributed by atoms with Crippen LogP contribution in [0.2, 0.25) is 0 Å². The average molecular weight is 351 g/mol. The first kappa shape index (κ1) is 16.8. The first-order valence-corrected chi connectivity index (χ1v) is 8.97. The Morgan fingerprint density at radius 2 is 1.54 bits per heavy atom. The summed E-state index contributed by atoms with van der Waals surface area (Å²) in [7, 11) is 1.28. The monoisotopic (exact) mass is 351 g/mol. The van der Waals surface area contributed by atoms with Gasteiger partial charge in [-0.25, -0.2) is 4.79 Å². The molecule has 0 saturated carbocycles. The van der Waals surface area contributed by atoms with Gasteiger partial charge >= 0.3 is 5.97 Å². The van der Waals surface area contributed by atoms with E-state index in [9.17, 15) is 14.4 Å². The zero-order valence-corrected chi connectivity index (χ0v) is 15.2. The zero-order valence-electron chi connectivity index (χ0n) is 15.2. The molecular weight excluding hydrogens is 330 g/mol. The third-order valence-corrected chi connectivity index (χ3v) is 5.37. The number of ether oxygens (including phenoxy) is 1. The fourth-order valence-electron chi connectivity index (χ4n) is 4.21. The molecule has 2 aromatic carbocycles. The van der Waals surface area contributed by atoms with Crippen LogP contribution in [0.4, 0.5) is 0 Å². The highest BCUT2D eigenvalue weighted by Gasteiger charge is 2.42. The van der Waals surface area contributed by atoms with Gasteiger partial charge in [0.2, 0.25) is 0 Å². The molecule has 0 radical (unpaired) electrons. The molecule has 5 heteroatoms. The van der Waals surface area contributed by atoms with E-state index in [-0.39, 0.29) is 5.92 Å². The molecule has 5 nitrogen and oxygen atoms in total. The molecule has 0 fully saturated rings. The molecule has 0 aromatic heterocycles. The number of rotatable bonds is 4. The van der Waals surface area contributed by atoms with Crippen LogP contribution < -0.4 is 0 Å². The Kier molecular flexibility index (Phi) is 3.83. The number of nitrogens with zero attached hydrogens (tertiary/aromatic N) is 1. The quantitative estimate of drug-likeness (QED) is 0.627. The lowest BCUT2D eigenvalue weighted by molar-refractivity contribution is -0.145. The molecule has 2 aromatic rings. The molecule has 4 rings (SSSR count). The predicted molar refractivity (Wildman–Crippen MR) is 97.1 cm³/mol. The lowest BCUT2D eigenvalue weighted by atomic mass is 9.89. The summed E-state index contributed by atoms with van der Waals surface area (Å²) in [5.74, 6) is -1.24. The maximum absolute atomic E-state index is 13.2. The van der Waals surface area contributed by atoms with Crippen molar-refractivity contribution < 1.29 is 19.1 Å². The van der Waals surface area contributed by atoms with Crippen LogP contribution in [0.5, 0.6) is 0 Å². The molecule has 0 saturated heterocycles. The molecule has 0 N–H and O–H groups in total. The van der Waals surface area contributed by atoms with E-state index < -0.39 is 23.8 Å². The maximum atomic E-state index is 13.2. The Balaban J connectivity index is 1.90. The van der Waals surface area contributed by atoms with E-state index >= 15 is 0 Å². The highest BCUT2D eigenvalue weighted by Crippen LogP contribution is 2.39. The standard InChI is InChI=1S/C21H21NO4/c1-11(2)10-16(21(25)26-3)22-19(23)14-8-6-12-4-5-13-7-9-15(20(22)24)18(14)17(12)13/h6-9,11,16H,4-5,10H2,1-3H3/t16-/m0/s1. The normalized spacial score (nSPS) is 16.5. The van der Waals surface area contributed by atoms with Gasteiger partial charge in [0.05, 0.1) is 7.11 Å². The van der Waals surface area contributed by atoms with Gasteiger partial charge in [0.25, 0.3) is 11.8 Å². The Labute approximate surface area is 151 Å². The first-order valence-electron chi connectivity index (χ1n) is 8.97. The van der Waals surface area contributed by atoms with E-state index in [1.807, 2.05) is 26.0 Å². The second kappa shape index (κ2) is 5.94. The van der Waals surface area contributed by atoms with Crippen molar-refractivity contribution in [3.05, 3.63) is 46.5 Å². The third-order valence-electron chi connectivity index (χ3n) is 5.37. The van der Waals surface area contributed by atoms with Crippen molar-refractivity contribution >= 4 is 28.6 Å². The Morgan fingerprint density at radius 1 is 1.00 bits per heavy atom. The lowest BCUT2D eigenvalue weighted by Gasteiger charge is -2.33. The van der Waals surface area contributed by atoms with Gasteiger partial charge in [0, 0.05) is 16.5 Å². The zero-order chi connectivity index (χ0) is 18.6. The summed E-state index contributed by atoms with van der Waals surface area (Å²) in [4.78, 5) is 39.8. The van der Waals surface area contributed by atoms with Gasteiger partial charge in [-0.3, -0.25) is 14.5 Å². The van der Waals surface area contributed by atoms with Crippen LogP contribution in [0.3, 0.4) is 0 Å². The maximum Gasteiger partial charge on any atom is 0.329 e. The second-order valence-electron chi connectivity index (χ2n) is 7.44. The number of imide groups is 1. The molecule has 26 heavy (non-hydrogen) atoms. The number of carbonyl (C=O) groups is 3. The third kappa shape index (κ3) is 2.26. The van der Waals surface area contributed by atoms with E-state index in [4.69, 9.17) is 4.74 Å². The highest BCUT2D eigenvalue weighted by atomic mass is 16.5. The summed E-state index contributed by atoms with van der Waals surface area (Å²) in [5, 5.41) is 1.79. The fraction of sp³-hybridized carbons (Fsp3) is 0.381. The van der Waals surface area contributed by atoms with Crippen LogP contribution in [-0.4, -0.2) is 35.8 Å². The first-order chi connectivity index (χ1) is 12.4. The molecular formula is C21H21NO4. The molecule has 2 amide bonds. The Bertz CT molecular complexity index is 901. The predicted octanol–water partition coefficient (Wildman–Crippen LogP) is 3.12. The van der Waals surface area contributed by atoms with Crippen LogP contribution in [0, 0.1) is 5.92 Å². The number of benzene rings is 2. The molecule has 0 spiro atoms. The van der Waals surface area contributed by atoms with Crippen molar-refractivity contribution in [3.8, 4) is 0 Å². The number of methoxy groups -OCH3 is 1. The van der Waals surface area contributed by atoms with Gasteiger partial charge in [0.1, 0.15) is 6.04 Å². The SMILES string of the molecule is COC(=O)[C@H](CC(C)C)N1C(=O)c2ccc3c4c(ccc(c24)C1=O)CC3. The smallest absolute Gasteiger partial charge is 0.329 e. The number of hydrogen-bond acceptors (Lipinski definition) is 4. The number of hydrogen-bond donors (Lipinski definition) is 0. The van der Waals surface area contributed by atoms with E-state index in [1.54, 1.807) is 12.1 Å². The Morgan fingerprint density at radius 3 is 2.00 bits per heavy atom. The van der Waals surface area contributed by atoms with E-state index in [0.29, 0.717) is 17.5 Å². The van der Waals surface area contributed by atoms with E-state index in [1.165, 1.54) is 18.2 Å². The van der Waals surface area contributed by atoms with Crippen LogP contribution in [0.25, 0.3) is 10.8 Å². The Hall–Kier alpha value is -2.69. The molecule has 1 atom stereocenters. The molecule has 0 bridgehead atoms. The van der Waals surface area contributed by atoms with Gasteiger partial charge in [0.15, 0.2) is 0 Å². The van der Waals surface area contributed by atoms with Crippen molar-refractivity contribution in [2.75, 3.05) is 7.11 Å². The summed E-state index contributed by atoms with van der Waals surface area (Å²) in [6.07, 6.45) is 2.23. The molecule has 2 aliphatic rings. The number of amides is 2. The van der Waals surface area contributed by atoms with Gasteiger partial charge in [-0.1, -0.05) is 26.0 Å². The fourth-order valence-corrected chi connectivity index (χ4v) is 4.21. The topological polar surface area (TPSA) is 63.7 Å². The minimum absolute atomic E-state index is 0.132. The van der Waals surface area contributed by atoms with Crippen LogP contribution in [-0.2, 0) is 22.4 Å². The summed E-state index contributed by atoms with van der Waals surface area (Å²) in [6.45, 7) is 3.90. The lowest BCUT2D eigenvalue weighted by Crippen LogP contribution is -2.51. The van der Waals surface area contributed by atoms with Crippen LogP contribution in [0.15, 0.2) is 24.3 Å². The van der Waals surface area contributed by atoms with E-state index in [0.717, 1.165) is 28.5 Å². The van der Waals surface area contributed by atoms with Crippen molar-refractivity contribution in [1.82, 2.24) is 4.90 Å². The van der Waals surface area contributed by atoms with Gasteiger partial charge in [-0.05, 0) is 53.8 Å². The average Bonchev–Trinajstić information content (AvgIpc) is 3.04. The van der Waals surface area contributed by atoms with Crippen LogP contribution >= 0.6 is 0 Å². The minimum atomic E-state index is -0.910. The molecule has 134 valence electrons.